The van der Waals surface area contributed by atoms with E-state index in [2.05, 4.69) is 47.1 Å². The molecule has 2 aromatic carbocycles. The molecule has 1 heterocycles. The molecule has 3 rings (SSSR count). The minimum atomic E-state index is -0.213. The molecule has 0 spiro atoms. The van der Waals surface area contributed by atoms with Crippen LogP contribution in [0, 0.1) is 0 Å². The summed E-state index contributed by atoms with van der Waals surface area (Å²) >= 11 is 1.73. The van der Waals surface area contributed by atoms with Gasteiger partial charge in [-0.15, -0.1) is 11.3 Å². The van der Waals surface area contributed by atoms with Gasteiger partial charge in [-0.25, -0.2) is 0 Å². The molecule has 0 fully saturated rings. The maximum absolute atomic E-state index is 12.4. The zero-order valence-corrected chi connectivity index (χ0v) is 14.8. The summed E-state index contributed by atoms with van der Waals surface area (Å²) in [5.74, 6) is 0.0576. The highest BCUT2D eigenvalue weighted by Crippen LogP contribution is 2.22. The zero-order chi connectivity index (χ0) is 16.9. The van der Waals surface area contributed by atoms with Gasteiger partial charge in [0.05, 0.1) is 0 Å². The van der Waals surface area contributed by atoms with Crippen molar-refractivity contribution < 1.29 is 4.79 Å². The van der Waals surface area contributed by atoms with Crippen LogP contribution in [0.5, 0.6) is 0 Å². The van der Waals surface area contributed by atoms with Gasteiger partial charge in [-0.1, -0.05) is 36.4 Å². The van der Waals surface area contributed by atoms with Crippen molar-refractivity contribution in [2.75, 3.05) is 18.5 Å². The standard InChI is InChI=1S/C20H22N2OS/c1-15(20(23)21-12-11-19-8-5-13-24-19)22(2)18-10-9-16-6-3-4-7-17(16)14-18/h3-10,13-15H,11-12H2,1-2H3,(H,21,23)/t15-/m1/s1. The Hall–Kier alpha value is -2.33. The van der Waals surface area contributed by atoms with E-state index in [-0.39, 0.29) is 11.9 Å². The van der Waals surface area contributed by atoms with Gasteiger partial charge in [0.25, 0.3) is 0 Å². The second-order valence-electron chi connectivity index (χ2n) is 5.94. The van der Waals surface area contributed by atoms with Gasteiger partial charge in [-0.05, 0) is 47.7 Å². The number of anilines is 1. The molecule has 0 bridgehead atoms. The molecule has 124 valence electrons. The summed E-state index contributed by atoms with van der Waals surface area (Å²) < 4.78 is 0. The van der Waals surface area contributed by atoms with Crippen molar-refractivity contribution in [3.63, 3.8) is 0 Å². The average molecular weight is 338 g/mol. The Balaban J connectivity index is 1.61. The first-order valence-electron chi connectivity index (χ1n) is 8.17. The Morgan fingerprint density at radius 2 is 1.92 bits per heavy atom. The van der Waals surface area contributed by atoms with Crippen LogP contribution in [0.3, 0.4) is 0 Å². The Labute approximate surface area is 146 Å². The molecule has 0 saturated heterocycles. The first kappa shape index (κ1) is 16.5. The van der Waals surface area contributed by atoms with Crippen molar-refractivity contribution in [2.45, 2.75) is 19.4 Å². The second kappa shape index (κ2) is 7.49. The van der Waals surface area contributed by atoms with E-state index < -0.39 is 0 Å². The van der Waals surface area contributed by atoms with Gasteiger partial charge >= 0.3 is 0 Å². The van der Waals surface area contributed by atoms with E-state index in [4.69, 9.17) is 0 Å². The monoisotopic (exact) mass is 338 g/mol. The lowest BCUT2D eigenvalue weighted by molar-refractivity contribution is -0.121. The van der Waals surface area contributed by atoms with Crippen LogP contribution in [-0.4, -0.2) is 25.5 Å². The van der Waals surface area contributed by atoms with Crippen LogP contribution in [0.15, 0.2) is 60.0 Å². The van der Waals surface area contributed by atoms with E-state index in [1.165, 1.54) is 15.6 Å². The number of carbonyl (C=O) groups is 1. The van der Waals surface area contributed by atoms with Crippen molar-refractivity contribution in [1.29, 1.82) is 0 Å². The van der Waals surface area contributed by atoms with Gasteiger partial charge in [0.1, 0.15) is 6.04 Å². The lowest BCUT2D eigenvalue weighted by Gasteiger charge is -2.26. The Bertz CT molecular complexity index is 813. The zero-order valence-electron chi connectivity index (χ0n) is 14.0. The fraction of sp³-hybridized carbons (Fsp3) is 0.250. The second-order valence-corrected chi connectivity index (χ2v) is 6.97. The van der Waals surface area contributed by atoms with Crippen molar-refractivity contribution in [3.05, 3.63) is 64.9 Å². The van der Waals surface area contributed by atoms with Crippen LogP contribution in [0.4, 0.5) is 5.69 Å². The summed E-state index contributed by atoms with van der Waals surface area (Å²) in [4.78, 5) is 15.7. The van der Waals surface area contributed by atoms with E-state index in [0.717, 1.165) is 12.1 Å². The summed E-state index contributed by atoms with van der Waals surface area (Å²) in [6.45, 7) is 2.62. The van der Waals surface area contributed by atoms with Crippen LogP contribution in [-0.2, 0) is 11.2 Å². The first-order chi connectivity index (χ1) is 11.6. The Morgan fingerprint density at radius 1 is 1.12 bits per heavy atom. The third-order valence-corrected chi connectivity index (χ3v) is 5.29. The predicted octanol–water partition coefficient (Wildman–Crippen LogP) is 4.08. The number of thiophene rings is 1. The number of nitrogens with one attached hydrogen (secondary N) is 1. The highest BCUT2D eigenvalue weighted by molar-refractivity contribution is 7.09. The summed E-state index contributed by atoms with van der Waals surface area (Å²) in [6.07, 6.45) is 0.885. The number of hydrogen-bond donors (Lipinski definition) is 1. The van der Waals surface area contributed by atoms with Crippen LogP contribution >= 0.6 is 11.3 Å². The van der Waals surface area contributed by atoms with Gasteiger partial charge in [-0.2, -0.15) is 0 Å². The van der Waals surface area contributed by atoms with E-state index in [0.29, 0.717) is 6.54 Å². The number of carbonyl (C=O) groups excluding carboxylic acids is 1. The van der Waals surface area contributed by atoms with Crippen molar-refractivity contribution >= 4 is 33.7 Å². The normalized spacial score (nSPS) is 12.1. The molecule has 0 aliphatic rings. The number of hydrogen-bond acceptors (Lipinski definition) is 3. The molecule has 4 heteroatoms. The van der Waals surface area contributed by atoms with Crippen molar-refractivity contribution in [1.82, 2.24) is 5.32 Å². The fourth-order valence-corrected chi connectivity index (χ4v) is 3.42. The minimum Gasteiger partial charge on any atom is -0.363 e. The molecule has 0 aliphatic carbocycles. The third-order valence-electron chi connectivity index (χ3n) is 4.35. The van der Waals surface area contributed by atoms with E-state index >= 15 is 0 Å². The van der Waals surface area contributed by atoms with Gasteiger partial charge in [-0.3, -0.25) is 4.79 Å². The van der Waals surface area contributed by atoms with E-state index in [1.807, 2.05) is 37.1 Å². The maximum atomic E-state index is 12.4. The quantitative estimate of drug-likeness (QED) is 0.734. The molecule has 1 aromatic heterocycles. The lowest BCUT2D eigenvalue weighted by Crippen LogP contribution is -2.43. The molecule has 0 radical (unpaired) electrons. The smallest absolute Gasteiger partial charge is 0.242 e. The lowest BCUT2D eigenvalue weighted by atomic mass is 10.1. The molecular weight excluding hydrogens is 316 g/mol. The van der Waals surface area contributed by atoms with Crippen LogP contribution in [0.25, 0.3) is 10.8 Å². The third kappa shape index (κ3) is 3.77. The summed E-state index contributed by atoms with van der Waals surface area (Å²) in [6, 6.07) is 18.5. The van der Waals surface area contributed by atoms with Gasteiger partial charge in [0.15, 0.2) is 0 Å². The highest BCUT2D eigenvalue weighted by Gasteiger charge is 2.18. The van der Waals surface area contributed by atoms with Crippen molar-refractivity contribution in [2.24, 2.45) is 0 Å². The van der Waals surface area contributed by atoms with Crippen LogP contribution < -0.4 is 10.2 Å². The molecule has 3 nitrogen and oxygen atoms in total. The summed E-state index contributed by atoms with van der Waals surface area (Å²) in [5.41, 5.74) is 1.05. The fourth-order valence-electron chi connectivity index (χ4n) is 2.71. The Kier molecular flexibility index (Phi) is 5.16. The number of rotatable bonds is 6. The van der Waals surface area contributed by atoms with Gasteiger partial charge in [0.2, 0.25) is 5.91 Å². The molecule has 1 atom stereocenters. The van der Waals surface area contributed by atoms with Gasteiger partial charge < -0.3 is 10.2 Å². The van der Waals surface area contributed by atoms with Crippen molar-refractivity contribution in [3.8, 4) is 0 Å². The number of fused-ring (bicyclic) bond motifs is 1. The molecular formula is C20H22N2OS. The minimum absolute atomic E-state index is 0.0576. The molecule has 1 amide bonds. The molecule has 0 saturated carbocycles. The molecule has 0 aliphatic heterocycles. The number of benzene rings is 2. The summed E-state index contributed by atoms with van der Waals surface area (Å²) in [5, 5.41) is 7.50. The summed E-state index contributed by atoms with van der Waals surface area (Å²) in [7, 11) is 1.97. The first-order valence-corrected chi connectivity index (χ1v) is 9.05. The van der Waals surface area contributed by atoms with Gasteiger partial charge in [0, 0.05) is 24.2 Å². The number of nitrogens with zero attached hydrogens (tertiary/aromatic N) is 1. The van der Waals surface area contributed by atoms with Crippen LogP contribution in [0.1, 0.15) is 11.8 Å². The van der Waals surface area contributed by atoms with E-state index in [9.17, 15) is 4.79 Å². The molecule has 0 unspecified atom stereocenters. The topological polar surface area (TPSA) is 32.3 Å². The highest BCUT2D eigenvalue weighted by atomic mass is 32.1. The maximum Gasteiger partial charge on any atom is 0.242 e. The molecule has 1 N–H and O–H groups in total. The molecule has 3 aromatic rings. The van der Waals surface area contributed by atoms with E-state index in [1.54, 1.807) is 11.3 Å². The predicted molar refractivity (Wildman–Crippen MR) is 103 cm³/mol. The largest absolute Gasteiger partial charge is 0.363 e. The SMILES string of the molecule is C[C@H](C(=O)NCCc1cccs1)N(C)c1ccc2ccccc2c1. The van der Waals surface area contributed by atoms with Crippen LogP contribution in [0.2, 0.25) is 0 Å². The Morgan fingerprint density at radius 3 is 2.67 bits per heavy atom. The average Bonchev–Trinajstić information content (AvgIpc) is 3.13. The molecule has 24 heavy (non-hydrogen) atoms. The number of amides is 1. The number of likely N-dealkylation sites (N-methyl/N-ethyl adjacent to an activating group) is 1.